The van der Waals surface area contributed by atoms with Gasteiger partial charge >= 0.3 is 5.97 Å². The van der Waals surface area contributed by atoms with Crippen LogP contribution in [0.15, 0.2) is 12.1 Å². The van der Waals surface area contributed by atoms with E-state index in [4.69, 9.17) is 4.74 Å². The zero-order chi connectivity index (χ0) is 14.3. The van der Waals surface area contributed by atoms with Crippen LogP contribution in [-0.2, 0) is 9.53 Å². The summed E-state index contributed by atoms with van der Waals surface area (Å²) in [5.41, 5.74) is 0.570. The highest BCUT2D eigenvalue weighted by atomic mass is 16.5. The van der Waals surface area contributed by atoms with Crippen LogP contribution in [0.4, 0.5) is 0 Å². The maximum Gasteiger partial charge on any atom is 0.317 e. The van der Waals surface area contributed by atoms with Crippen LogP contribution in [0, 0.1) is 11.8 Å². The number of aromatic hydroxyl groups is 1. The molecule has 0 unspecified atom stereocenters. The average molecular weight is 262 g/mol. The summed E-state index contributed by atoms with van der Waals surface area (Å²) in [4.78, 5) is 21.7. The summed E-state index contributed by atoms with van der Waals surface area (Å²) in [7, 11) is 1.27. The van der Waals surface area contributed by atoms with Gasteiger partial charge in [-0.25, -0.2) is 0 Å². The fraction of sp³-hybridized carbons (Fsp3) is 0.286. The van der Waals surface area contributed by atoms with Gasteiger partial charge in [-0.2, -0.15) is 0 Å². The van der Waals surface area contributed by atoms with Crippen LogP contribution in [0.3, 0.4) is 0 Å². The number of methoxy groups -OCH3 is 1. The Hall–Kier alpha value is -2.48. The van der Waals surface area contributed by atoms with Gasteiger partial charge in [-0.3, -0.25) is 9.59 Å². The lowest BCUT2D eigenvalue weighted by molar-refractivity contribution is -0.139. The molecule has 5 heteroatoms. The third-order valence-corrected chi connectivity index (χ3v) is 2.22. The van der Waals surface area contributed by atoms with Gasteiger partial charge in [-0.15, -0.1) is 0 Å². The van der Waals surface area contributed by atoms with Crippen molar-refractivity contribution in [2.24, 2.45) is 0 Å². The molecule has 0 spiro atoms. The van der Waals surface area contributed by atoms with Crippen LogP contribution in [-0.4, -0.2) is 31.1 Å². The molecule has 0 aliphatic carbocycles. The van der Waals surface area contributed by atoms with Gasteiger partial charge in [0.05, 0.1) is 19.3 Å². The number of rotatable bonds is 4. The second kappa shape index (κ2) is 7.07. The van der Waals surface area contributed by atoms with Crippen molar-refractivity contribution >= 4 is 12.3 Å². The van der Waals surface area contributed by atoms with Crippen LogP contribution < -0.4 is 4.74 Å². The van der Waals surface area contributed by atoms with Crippen molar-refractivity contribution in [3.8, 4) is 23.3 Å². The van der Waals surface area contributed by atoms with Crippen LogP contribution in [0.1, 0.15) is 29.3 Å². The highest BCUT2D eigenvalue weighted by Gasteiger charge is 2.09. The highest BCUT2D eigenvalue weighted by Crippen LogP contribution is 2.30. The Labute approximate surface area is 111 Å². The normalized spacial score (nSPS) is 9.16. The van der Waals surface area contributed by atoms with E-state index in [1.54, 1.807) is 6.92 Å². The fourth-order valence-corrected chi connectivity index (χ4v) is 1.34. The number of benzene rings is 1. The molecule has 0 saturated heterocycles. The number of hydrogen-bond acceptors (Lipinski definition) is 5. The lowest BCUT2D eigenvalue weighted by Gasteiger charge is -2.08. The Morgan fingerprint density at radius 1 is 1.47 bits per heavy atom. The standard InChI is InChI=1S/C14H14O5/c1-3-19-12-8-10(9-15)7-11(14(12)17)5-4-6-13(16)18-2/h7-9,17H,3,6H2,1-2H3. The molecule has 0 aliphatic heterocycles. The van der Waals surface area contributed by atoms with E-state index in [1.807, 2.05) is 0 Å². The first kappa shape index (κ1) is 14.6. The van der Waals surface area contributed by atoms with E-state index in [0.29, 0.717) is 18.5 Å². The molecule has 0 fully saturated rings. The maximum absolute atomic E-state index is 10.9. The number of esters is 1. The fourth-order valence-electron chi connectivity index (χ4n) is 1.34. The zero-order valence-electron chi connectivity index (χ0n) is 10.7. The first-order valence-electron chi connectivity index (χ1n) is 5.63. The minimum atomic E-state index is -0.469. The van der Waals surface area contributed by atoms with Gasteiger partial charge in [-0.05, 0) is 19.1 Å². The number of carbonyl (C=O) groups is 2. The Balaban J connectivity index is 3.08. The predicted molar refractivity (Wildman–Crippen MR) is 68.2 cm³/mol. The molecule has 1 rings (SSSR count). The van der Waals surface area contributed by atoms with Crippen LogP contribution in [0.25, 0.3) is 0 Å². The summed E-state index contributed by atoms with van der Waals surface area (Å²) in [6.07, 6.45) is 0.540. The predicted octanol–water partition coefficient (Wildman–Crippen LogP) is 1.52. The average Bonchev–Trinajstić information content (AvgIpc) is 2.42. The van der Waals surface area contributed by atoms with E-state index >= 15 is 0 Å². The van der Waals surface area contributed by atoms with Crippen molar-refractivity contribution in [3.05, 3.63) is 23.3 Å². The molecule has 0 aromatic heterocycles. The van der Waals surface area contributed by atoms with Crippen molar-refractivity contribution in [2.75, 3.05) is 13.7 Å². The molecular formula is C14H14O5. The topological polar surface area (TPSA) is 72.8 Å². The molecule has 0 heterocycles. The van der Waals surface area contributed by atoms with Gasteiger partial charge in [0.15, 0.2) is 11.5 Å². The Kier molecular flexibility index (Phi) is 5.42. The van der Waals surface area contributed by atoms with Crippen molar-refractivity contribution in [1.82, 2.24) is 0 Å². The Bertz CT molecular complexity index is 537. The maximum atomic E-state index is 10.9. The second-order valence-electron chi connectivity index (χ2n) is 3.52. The van der Waals surface area contributed by atoms with E-state index < -0.39 is 5.97 Å². The molecule has 0 atom stereocenters. The minimum Gasteiger partial charge on any atom is -0.503 e. The number of aldehydes is 1. The van der Waals surface area contributed by atoms with Crippen LogP contribution in [0.2, 0.25) is 0 Å². The molecule has 0 bridgehead atoms. The van der Waals surface area contributed by atoms with Gasteiger partial charge in [0, 0.05) is 5.56 Å². The first-order valence-corrected chi connectivity index (χ1v) is 5.63. The van der Waals surface area contributed by atoms with Crippen molar-refractivity contribution < 1.29 is 24.2 Å². The second-order valence-corrected chi connectivity index (χ2v) is 3.52. The molecule has 5 nitrogen and oxygen atoms in total. The smallest absolute Gasteiger partial charge is 0.317 e. The van der Waals surface area contributed by atoms with Gasteiger partial charge in [0.2, 0.25) is 0 Å². The van der Waals surface area contributed by atoms with E-state index in [9.17, 15) is 14.7 Å². The largest absolute Gasteiger partial charge is 0.503 e. The summed E-state index contributed by atoms with van der Waals surface area (Å²) in [6, 6.07) is 2.85. The molecule has 0 aliphatic rings. The zero-order valence-corrected chi connectivity index (χ0v) is 10.7. The first-order chi connectivity index (χ1) is 9.12. The monoisotopic (exact) mass is 262 g/mol. The summed E-state index contributed by atoms with van der Waals surface area (Å²) in [5.74, 6) is 4.74. The third kappa shape index (κ3) is 4.03. The minimum absolute atomic E-state index is 0.0920. The van der Waals surface area contributed by atoms with Gasteiger partial charge in [-0.1, -0.05) is 11.8 Å². The molecule has 0 amide bonds. The number of carbonyl (C=O) groups excluding carboxylic acids is 2. The van der Waals surface area contributed by atoms with Gasteiger partial charge in [0.25, 0.3) is 0 Å². The number of phenols is 1. The van der Waals surface area contributed by atoms with Crippen LogP contribution >= 0.6 is 0 Å². The molecule has 1 N–H and O–H groups in total. The van der Waals surface area contributed by atoms with E-state index in [-0.39, 0.29) is 23.5 Å². The van der Waals surface area contributed by atoms with Crippen LogP contribution in [0.5, 0.6) is 11.5 Å². The van der Waals surface area contributed by atoms with E-state index in [1.165, 1.54) is 19.2 Å². The van der Waals surface area contributed by atoms with E-state index in [0.717, 1.165) is 0 Å². The summed E-state index contributed by atoms with van der Waals surface area (Å²) in [6.45, 7) is 2.11. The Morgan fingerprint density at radius 3 is 2.79 bits per heavy atom. The quantitative estimate of drug-likeness (QED) is 0.506. The van der Waals surface area contributed by atoms with Gasteiger partial charge < -0.3 is 14.6 Å². The SMILES string of the molecule is CCOc1cc(C=O)cc(C#CCC(=O)OC)c1O. The molecule has 0 saturated carbocycles. The Morgan fingerprint density at radius 2 is 2.21 bits per heavy atom. The molecule has 100 valence electrons. The summed E-state index contributed by atoms with van der Waals surface area (Å²) >= 11 is 0. The van der Waals surface area contributed by atoms with Crippen molar-refractivity contribution in [2.45, 2.75) is 13.3 Å². The number of ether oxygens (including phenoxy) is 2. The van der Waals surface area contributed by atoms with E-state index in [2.05, 4.69) is 16.6 Å². The lowest BCUT2D eigenvalue weighted by atomic mass is 10.1. The number of hydrogen-bond donors (Lipinski definition) is 1. The van der Waals surface area contributed by atoms with Crippen molar-refractivity contribution in [3.63, 3.8) is 0 Å². The molecule has 19 heavy (non-hydrogen) atoms. The highest BCUT2D eigenvalue weighted by molar-refractivity contribution is 5.78. The molecule has 1 aromatic rings. The summed E-state index contributed by atoms with van der Waals surface area (Å²) in [5, 5.41) is 9.90. The molecule has 1 aromatic carbocycles. The third-order valence-electron chi connectivity index (χ3n) is 2.22. The molecular weight excluding hydrogens is 248 g/mol. The van der Waals surface area contributed by atoms with Gasteiger partial charge in [0.1, 0.15) is 12.7 Å². The molecule has 0 radical (unpaired) electrons. The van der Waals surface area contributed by atoms with Crippen molar-refractivity contribution in [1.29, 1.82) is 0 Å². The number of phenolic OH excluding ortho intramolecular Hbond substituents is 1. The summed E-state index contributed by atoms with van der Waals surface area (Å²) < 4.78 is 9.64. The lowest BCUT2D eigenvalue weighted by Crippen LogP contribution is -1.97.